The highest BCUT2D eigenvalue weighted by atomic mass is 32.1. The predicted molar refractivity (Wildman–Crippen MR) is 95.6 cm³/mol. The number of nitrogens with zero attached hydrogens (tertiary/aromatic N) is 2. The molecule has 26 heavy (non-hydrogen) atoms. The summed E-state index contributed by atoms with van der Waals surface area (Å²) in [5, 5.41) is 1.96. The number of hydrogen-bond donors (Lipinski definition) is 0. The Morgan fingerprint density at radius 3 is 2.77 bits per heavy atom. The summed E-state index contributed by atoms with van der Waals surface area (Å²) in [6.45, 7) is 1.86. The van der Waals surface area contributed by atoms with Crippen molar-refractivity contribution in [2.24, 2.45) is 0 Å². The average Bonchev–Trinajstić information content (AvgIpc) is 3.41. The van der Waals surface area contributed by atoms with Crippen LogP contribution >= 0.6 is 11.3 Å². The Morgan fingerprint density at radius 1 is 1.23 bits per heavy atom. The van der Waals surface area contributed by atoms with Gasteiger partial charge in [-0.25, -0.2) is 14.8 Å². The highest BCUT2D eigenvalue weighted by molar-refractivity contribution is 7.13. The first-order valence-electron chi connectivity index (χ1n) is 7.87. The first-order valence-corrected chi connectivity index (χ1v) is 8.75. The van der Waals surface area contributed by atoms with E-state index in [1.54, 1.807) is 48.7 Å². The second-order valence-corrected chi connectivity index (χ2v) is 6.47. The van der Waals surface area contributed by atoms with Gasteiger partial charge in [-0.2, -0.15) is 0 Å². The Bertz CT molecular complexity index is 1000. The fraction of sp³-hybridized carbons (Fsp3) is 0.105. The molecule has 0 atom stereocenters. The molecule has 7 heteroatoms. The van der Waals surface area contributed by atoms with Crippen molar-refractivity contribution in [3.05, 3.63) is 71.4 Å². The molecule has 1 aromatic carbocycles. The van der Waals surface area contributed by atoms with Gasteiger partial charge in [0.1, 0.15) is 18.1 Å². The first-order chi connectivity index (χ1) is 12.7. The van der Waals surface area contributed by atoms with Crippen molar-refractivity contribution in [3.63, 3.8) is 0 Å². The van der Waals surface area contributed by atoms with Crippen molar-refractivity contribution in [3.8, 4) is 22.1 Å². The lowest BCUT2D eigenvalue weighted by Gasteiger charge is -2.04. The van der Waals surface area contributed by atoms with Gasteiger partial charge in [-0.3, -0.25) is 0 Å². The molecule has 0 N–H and O–H groups in total. The number of aromatic nitrogens is 2. The van der Waals surface area contributed by atoms with Crippen LogP contribution in [0.5, 0.6) is 0 Å². The Labute approximate surface area is 153 Å². The van der Waals surface area contributed by atoms with E-state index in [9.17, 15) is 4.79 Å². The fourth-order valence-electron chi connectivity index (χ4n) is 2.41. The van der Waals surface area contributed by atoms with Crippen LogP contribution in [0.2, 0.25) is 0 Å². The molecule has 0 fully saturated rings. The van der Waals surface area contributed by atoms with Crippen LogP contribution in [0.4, 0.5) is 0 Å². The standard InChI is InChI=1S/C19H14N2O4S/c1-12-15(21-18(25-12)17-3-2-8-26-17)10-23-19(22)14-6-4-13(5-7-14)16-9-20-11-24-16/h2-9,11H,10H2,1H3. The lowest BCUT2D eigenvalue weighted by Crippen LogP contribution is -2.06. The monoisotopic (exact) mass is 366 g/mol. The molecule has 130 valence electrons. The number of aryl methyl sites for hydroxylation is 1. The zero-order valence-corrected chi connectivity index (χ0v) is 14.7. The number of benzene rings is 1. The van der Waals surface area contributed by atoms with E-state index < -0.39 is 5.97 Å². The topological polar surface area (TPSA) is 78.4 Å². The van der Waals surface area contributed by atoms with Gasteiger partial charge in [-0.1, -0.05) is 18.2 Å². The predicted octanol–water partition coefficient (Wildman–Crippen LogP) is 4.72. The van der Waals surface area contributed by atoms with Crippen LogP contribution in [0.25, 0.3) is 22.1 Å². The molecule has 0 amide bonds. The SMILES string of the molecule is Cc1oc(-c2cccs2)nc1COC(=O)c1ccc(-c2cnco2)cc1. The molecule has 3 heterocycles. The number of ether oxygens (including phenoxy) is 1. The maximum Gasteiger partial charge on any atom is 0.338 e. The third-order valence-corrected chi connectivity index (χ3v) is 4.66. The van der Waals surface area contributed by atoms with E-state index in [0.29, 0.717) is 28.7 Å². The molecule has 0 aliphatic carbocycles. The molecule has 4 aromatic rings. The van der Waals surface area contributed by atoms with Crippen LogP contribution in [0.1, 0.15) is 21.8 Å². The van der Waals surface area contributed by atoms with Gasteiger partial charge in [-0.15, -0.1) is 11.3 Å². The van der Waals surface area contributed by atoms with Crippen molar-refractivity contribution < 1.29 is 18.4 Å². The number of carbonyl (C=O) groups is 1. The van der Waals surface area contributed by atoms with E-state index in [-0.39, 0.29) is 6.61 Å². The van der Waals surface area contributed by atoms with Crippen LogP contribution in [0, 0.1) is 6.92 Å². The summed E-state index contributed by atoms with van der Waals surface area (Å²) in [7, 11) is 0. The molecule has 0 radical (unpaired) electrons. The van der Waals surface area contributed by atoms with Crippen LogP contribution in [0.15, 0.2) is 63.2 Å². The molecule has 0 saturated carbocycles. The largest absolute Gasteiger partial charge is 0.455 e. The summed E-state index contributed by atoms with van der Waals surface area (Å²) >= 11 is 1.54. The summed E-state index contributed by atoms with van der Waals surface area (Å²) in [6.07, 6.45) is 2.98. The van der Waals surface area contributed by atoms with Crippen molar-refractivity contribution >= 4 is 17.3 Å². The minimum Gasteiger partial charge on any atom is -0.455 e. The molecule has 0 saturated heterocycles. The zero-order chi connectivity index (χ0) is 17.9. The van der Waals surface area contributed by atoms with E-state index in [2.05, 4.69) is 9.97 Å². The number of rotatable bonds is 5. The Morgan fingerprint density at radius 2 is 2.08 bits per heavy atom. The van der Waals surface area contributed by atoms with Gasteiger partial charge in [-0.05, 0) is 30.5 Å². The maximum atomic E-state index is 12.2. The highest BCUT2D eigenvalue weighted by Gasteiger charge is 2.15. The molecule has 0 spiro atoms. The van der Waals surface area contributed by atoms with Crippen LogP contribution in [0.3, 0.4) is 0 Å². The van der Waals surface area contributed by atoms with Gasteiger partial charge in [0, 0.05) is 5.56 Å². The molecular weight excluding hydrogens is 352 g/mol. The summed E-state index contributed by atoms with van der Waals surface area (Å²) < 4.78 is 16.2. The summed E-state index contributed by atoms with van der Waals surface area (Å²) in [4.78, 5) is 21.5. The van der Waals surface area contributed by atoms with Crippen LogP contribution in [-0.4, -0.2) is 15.9 Å². The second-order valence-electron chi connectivity index (χ2n) is 5.52. The molecule has 0 aliphatic rings. The summed E-state index contributed by atoms with van der Waals surface area (Å²) in [5.41, 5.74) is 1.90. The van der Waals surface area contributed by atoms with Gasteiger partial charge in [0.15, 0.2) is 12.2 Å². The maximum absolute atomic E-state index is 12.2. The molecule has 3 aromatic heterocycles. The lowest BCUT2D eigenvalue weighted by atomic mass is 10.1. The van der Waals surface area contributed by atoms with Gasteiger partial charge >= 0.3 is 5.97 Å². The lowest BCUT2D eigenvalue weighted by molar-refractivity contribution is 0.0467. The molecule has 0 unspecified atom stereocenters. The number of esters is 1. The first kappa shape index (κ1) is 16.3. The van der Waals surface area contributed by atoms with Crippen LogP contribution in [-0.2, 0) is 11.3 Å². The Hall–Kier alpha value is -3.19. The highest BCUT2D eigenvalue weighted by Crippen LogP contribution is 2.26. The Balaban J connectivity index is 1.42. The van der Waals surface area contributed by atoms with Gasteiger partial charge in [0.25, 0.3) is 0 Å². The molecule has 0 bridgehead atoms. The van der Waals surface area contributed by atoms with Crippen molar-refractivity contribution in [2.75, 3.05) is 0 Å². The minimum atomic E-state index is -0.422. The van der Waals surface area contributed by atoms with E-state index in [0.717, 1.165) is 10.4 Å². The average molecular weight is 366 g/mol. The smallest absolute Gasteiger partial charge is 0.338 e. The quantitative estimate of drug-likeness (QED) is 0.475. The molecule has 6 nitrogen and oxygen atoms in total. The molecule has 0 aliphatic heterocycles. The van der Waals surface area contributed by atoms with E-state index in [1.807, 2.05) is 17.5 Å². The van der Waals surface area contributed by atoms with E-state index >= 15 is 0 Å². The van der Waals surface area contributed by atoms with Crippen molar-refractivity contribution in [1.29, 1.82) is 0 Å². The third kappa shape index (κ3) is 3.29. The molecule has 4 rings (SSSR count). The van der Waals surface area contributed by atoms with Gasteiger partial charge in [0.05, 0.1) is 16.6 Å². The minimum absolute atomic E-state index is 0.0589. The normalized spacial score (nSPS) is 10.8. The van der Waals surface area contributed by atoms with E-state index in [4.69, 9.17) is 13.6 Å². The van der Waals surface area contributed by atoms with Crippen molar-refractivity contribution in [1.82, 2.24) is 9.97 Å². The van der Waals surface area contributed by atoms with Gasteiger partial charge < -0.3 is 13.6 Å². The number of carbonyl (C=O) groups excluding carboxylic acids is 1. The molecular formula is C19H14N2O4S. The second kappa shape index (κ2) is 6.97. The number of thiophene rings is 1. The number of oxazole rings is 2. The van der Waals surface area contributed by atoms with Crippen molar-refractivity contribution in [2.45, 2.75) is 13.5 Å². The fourth-order valence-corrected chi connectivity index (χ4v) is 3.06. The summed E-state index contributed by atoms with van der Waals surface area (Å²) in [6, 6.07) is 10.8. The zero-order valence-electron chi connectivity index (χ0n) is 13.8. The third-order valence-electron chi connectivity index (χ3n) is 3.80. The van der Waals surface area contributed by atoms with Crippen LogP contribution < -0.4 is 0 Å². The van der Waals surface area contributed by atoms with Gasteiger partial charge in [0.2, 0.25) is 5.89 Å². The van der Waals surface area contributed by atoms with E-state index in [1.165, 1.54) is 6.39 Å². The summed E-state index contributed by atoms with van der Waals surface area (Å²) in [5.74, 6) is 1.40. The Kier molecular flexibility index (Phi) is 4.37. The number of hydrogen-bond acceptors (Lipinski definition) is 7.